The molecule has 1 aliphatic rings. The highest BCUT2D eigenvalue weighted by Gasteiger charge is 2.18. The first-order chi connectivity index (χ1) is 9.69. The first-order valence-corrected chi connectivity index (χ1v) is 7.20. The van der Waals surface area contributed by atoms with E-state index in [-0.39, 0.29) is 11.8 Å². The molecule has 0 saturated carbocycles. The Hall–Kier alpha value is -1.47. The van der Waals surface area contributed by atoms with Crippen LogP contribution in [0.25, 0.3) is 0 Å². The third-order valence-corrected chi connectivity index (χ3v) is 3.45. The highest BCUT2D eigenvalue weighted by Crippen LogP contribution is 2.15. The maximum Gasteiger partial charge on any atom is 0.307 e. The zero-order valence-corrected chi connectivity index (χ0v) is 11.9. The Bertz CT molecular complexity index is 429. The standard InChI is InChI=1S/C13H22N4O3/c1-2-6-15(10-13-5-3-4-7-20-13)11-16-9-12(8-14-16)17(18)19/h8-9,13H,2-7,10-11H2,1H3. The number of aromatic nitrogens is 2. The van der Waals surface area contributed by atoms with Crippen molar-refractivity contribution in [2.75, 3.05) is 19.7 Å². The van der Waals surface area contributed by atoms with Gasteiger partial charge in [-0.2, -0.15) is 5.10 Å². The van der Waals surface area contributed by atoms with E-state index in [1.807, 2.05) is 0 Å². The molecule has 7 heteroatoms. The molecule has 0 radical (unpaired) electrons. The van der Waals surface area contributed by atoms with Crippen LogP contribution in [-0.4, -0.2) is 45.4 Å². The second-order valence-electron chi connectivity index (χ2n) is 5.20. The molecule has 1 fully saturated rings. The molecule has 2 rings (SSSR count). The lowest BCUT2D eigenvalue weighted by molar-refractivity contribution is -0.385. The summed E-state index contributed by atoms with van der Waals surface area (Å²) in [5.74, 6) is 0. The molecule has 7 nitrogen and oxygen atoms in total. The number of ether oxygens (including phenoxy) is 1. The lowest BCUT2D eigenvalue weighted by Crippen LogP contribution is -2.37. The molecular weight excluding hydrogens is 260 g/mol. The summed E-state index contributed by atoms with van der Waals surface area (Å²) in [6, 6.07) is 0. The van der Waals surface area contributed by atoms with Crippen LogP contribution in [0.4, 0.5) is 5.69 Å². The molecule has 1 atom stereocenters. The predicted octanol–water partition coefficient (Wildman–Crippen LogP) is 2.03. The molecule has 0 spiro atoms. The van der Waals surface area contributed by atoms with Crippen LogP contribution in [0.15, 0.2) is 12.4 Å². The molecule has 0 aromatic carbocycles. The maximum absolute atomic E-state index is 10.7. The number of hydrogen-bond donors (Lipinski definition) is 0. The largest absolute Gasteiger partial charge is 0.377 e. The Labute approximate surface area is 118 Å². The van der Waals surface area contributed by atoms with E-state index < -0.39 is 4.92 Å². The summed E-state index contributed by atoms with van der Waals surface area (Å²) in [4.78, 5) is 12.5. The minimum absolute atomic E-state index is 0.0374. The Balaban J connectivity index is 1.91. The van der Waals surface area contributed by atoms with Crippen LogP contribution < -0.4 is 0 Å². The molecule has 1 saturated heterocycles. The van der Waals surface area contributed by atoms with Gasteiger partial charge in [0.05, 0.1) is 17.7 Å². The van der Waals surface area contributed by atoms with Crippen LogP contribution in [0, 0.1) is 10.1 Å². The third-order valence-electron chi connectivity index (χ3n) is 3.45. The zero-order valence-electron chi connectivity index (χ0n) is 11.9. The fourth-order valence-corrected chi connectivity index (χ4v) is 2.50. The van der Waals surface area contributed by atoms with Gasteiger partial charge in [-0.3, -0.25) is 19.7 Å². The van der Waals surface area contributed by atoms with Crippen molar-refractivity contribution in [3.8, 4) is 0 Å². The predicted molar refractivity (Wildman–Crippen MR) is 74.3 cm³/mol. The van der Waals surface area contributed by atoms with Crippen LogP contribution in [-0.2, 0) is 11.4 Å². The summed E-state index contributed by atoms with van der Waals surface area (Å²) in [6.07, 6.45) is 7.55. The molecule has 0 amide bonds. The van der Waals surface area contributed by atoms with Crippen LogP contribution in [0.1, 0.15) is 32.6 Å². The average Bonchev–Trinajstić information content (AvgIpc) is 2.89. The Morgan fingerprint density at radius 1 is 1.60 bits per heavy atom. The molecule has 112 valence electrons. The molecule has 0 bridgehead atoms. The molecule has 2 heterocycles. The third kappa shape index (κ3) is 4.28. The van der Waals surface area contributed by atoms with Gasteiger partial charge in [0, 0.05) is 13.2 Å². The first kappa shape index (κ1) is 14.9. The minimum atomic E-state index is -0.419. The summed E-state index contributed by atoms with van der Waals surface area (Å²) in [5.41, 5.74) is 0.0374. The average molecular weight is 282 g/mol. The highest BCUT2D eigenvalue weighted by atomic mass is 16.6. The normalized spacial score (nSPS) is 19.4. The summed E-state index contributed by atoms with van der Waals surface area (Å²) < 4.78 is 7.38. The maximum atomic E-state index is 10.7. The quantitative estimate of drug-likeness (QED) is 0.565. The first-order valence-electron chi connectivity index (χ1n) is 7.20. The second kappa shape index (κ2) is 7.35. The van der Waals surface area contributed by atoms with Crippen molar-refractivity contribution in [1.82, 2.24) is 14.7 Å². The Kier molecular flexibility index (Phi) is 5.49. The molecule has 1 aromatic heterocycles. The number of rotatable bonds is 7. The second-order valence-corrected chi connectivity index (χ2v) is 5.20. The number of nitro groups is 1. The van der Waals surface area contributed by atoms with Crippen molar-refractivity contribution in [3.63, 3.8) is 0 Å². The Morgan fingerprint density at radius 3 is 3.05 bits per heavy atom. The van der Waals surface area contributed by atoms with E-state index in [0.29, 0.717) is 6.67 Å². The van der Waals surface area contributed by atoms with Crippen molar-refractivity contribution in [3.05, 3.63) is 22.5 Å². The summed E-state index contributed by atoms with van der Waals surface area (Å²) in [6.45, 7) is 5.34. The van der Waals surface area contributed by atoms with Gasteiger partial charge < -0.3 is 4.74 Å². The van der Waals surface area contributed by atoms with E-state index in [1.54, 1.807) is 4.68 Å². The minimum Gasteiger partial charge on any atom is -0.377 e. The van der Waals surface area contributed by atoms with Gasteiger partial charge in [0.2, 0.25) is 0 Å². The van der Waals surface area contributed by atoms with Gasteiger partial charge in [-0.05, 0) is 32.2 Å². The van der Waals surface area contributed by atoms with E-state index in [2.05, 4.69) is 16.9 Å². The van der Waals surface area contributed by atoms with Crippen LogP contribution in [0.3, 0.4) is 0 Å². The zero-order chi connectivity index (χ0) is 14.4. The number of hydrogen-bond acceptors (Lipinski definition) is 5. The lowest BCUT2D eigenvalue weighted by atomic mass is 10.1. The van der Waals surface area contributed by atoms with Gasteiger partial charge in [-0.25, -0.2) is 0 Å². The van der Waals surface area contributed by atoms with Gasteiger partial charge >= 0.3 is 5.69 Å². The molecule has 0 aliphatic carbocycles. The number of nitrogens with zero attached hydrogens (tertiary/aromatic N) is 4. The van der Waals surface area contributed by atoms with Gasteiger partial charge in [0.1, 0.15) is 12.4 Å². The summed E-state index contributed by atoms with van der Waals surface area (Å²) >= 11 is 0. The molecule has 1 aliphatic heterocycles. The molecule has 1 unspecified atom stereocenters. The lowest BCUT2D eigenvalue weighted by Gasteiger charge is -2.29. The SMILES string of the molecule is CCCN(CC1CCCCO1)Cn1cc([N+](=O)[O-])cn1. The van der Waals surface area contributed by atoms with Crippen LogP contribution in [0.2, 0.25) is 0 Å². The smallest absolute Gasteiger partial charge is 0.307 e. The van der Waals surface area contributed by atoms with Gasteiger partial charge in [-0.15, -0.1) is 0 Å². The summed E-state index contributed by atoms with van der Waals surface area (Å²) in [7, 11) is 0. The van der Waals surface area contributed by atoms with Crippen LogP contribution >= 0.6 is 0 Å². The highest BCUT2D eigenvalue weighted by molar-refractivity contribution is 5.20. The van der Waals surface area contributed by atoms with Crippen molar-refractivity contribution in [2.45, 2.75) is 45.4 Å². The Morgan fingerprint density at radius 2 is 2.45 bits per heavy atom. The monoisotopic (exact) mass is 282 g/mol. The van der Waals surface area contributed by atoms with Crippen molar-refractivity contribution in [1.29, 1.82) is 0 Å². The molecule has 0 N–H and O–H groups in total. The molecule has 1 aromatic rings. The van der Waals surface area contributed by atoms with Crippen LogP contribution in [0.5, 0.6) is 0 Å². The van der Waals surface area contributed by atoms with Gasteiger partial charge in [0.15, 0.2) is 0 Å². The van der Waals surface area contributed by atoms with Gasteiger partial charge in [-0.1, -0.05) is 6.92 Å². The molecule has 20 heavy (non-hydrogen) atoms. The topological polar surface area (TPSA) is 73.4 Å². The van der Waals surface area contributed by atoms with Crippen molar-refractivity contribution < 1.29 is 9.66 Å². The van der Waals surface area contributed by atoms with Crippen molar-refractivity contribution >= 4 is 5.69 Å². The van der Waals surface area contributed by atoms with Crippen molar-refractivity contribution in [2.24, 2.45) is 0 Å². The van der Waals surface area contributed by atoms with E-state index >= 15 is 0 Å². The molecular formula is C13H22N4O3. The summed E-state index contributed by atoms with van der Waals surface area (Å²) in [5, 5.41) is 14.7. The fraction of sp³-hybridized carbons (Fsp3) is 0.769. The van der Waals surface area contributed by atoms with E-state index in [4.69, 9.17) is 4.74 Å². The van der Waals surface area contributed by atoms with Gasteiger partial charge in [0.25, 0.3) is 0 Å². The van der Waals surface area contributed by atoms with E-state index in [1.165, 1.54) is 18.8 Å². The van der Waals surface area contributed by atoms with E-state index in [0.717, 1.165) is 39.0 Å². The van der Waals surface area contributed by atoms with E-state index in [9.17, 15) is 10.1 Å². The fourth-order valence-electron chi connectivity index (χ4n) is 2.50.